The Kier molecular flexibility index (Phi) is 4.27. The summed E-state index contributed by atoms with van der Waals surface area (Å²) in [6.45, 7) is 7.05. The maximum absolute atomic E-state index is 13.4. The number of rotatable bonds is 3. The number of halogens is 2. The molecule has 18 heavy (non-hydrogen) atoms. The third kappa shape index (κ3) is 3.98. The van der Waals surface area contributed by atoms with E-state index in [4.69, 9.17) is 0 Å². The Morgan fingerprint density at radius 3 is 2.17 bits per heavy atom. The molecular formula is C13H18F2N2O. The molecule has 0 aromatic heterocycles. The smallest absolute Gasteiger partial charge is 0.242 e. The van der Waals surface area contributed by atoms with Crippen molar-refractivity contribution in [1.29, 1.82) is 0 Å². The van der Waals surface area contributed by atoms with E-state index in [1.807, 2.05) is 20.8 Å². The Hall–Kier alpha value is -1.65. The summed E-state index contributed by atoms with van der Waals surface area (Å²) in [6, 6.07) is 2.82. The Bertz CT molecular complexity index is 421. The number of carbonyl (C=O) groups is 1. The zero-order valence-electron chi connectivity index (χ0n) is 11.0. The first-order valence-corrected chi connectivity index (χ1v) is 5.73. The molecule has 1 aromatic rings. The summed E-state index contributed by atoms with van der Waals surface area (Å²) in [5, 5.41) is 5.27. The molecule has 2 N–H and O–H groups in total. The Balaban J connectivity index is 2.76. The molecule has 1 amide bonds. The summed E-state index contributed by atoms with van der Waals surface area (Å²) in [5.74, 6) is -1.75. The van der Waals surface area contributed by atoms with Crippen LogP contribution in [-0.4, -0.2) is 17.5 Å². The average molecular weight is 256 g/mol. The van der Waals surface area contributed by atoms with E-state index < -0.39 is 17.7 Å². The van der Waals surface area contributed by atoms with E-state index in [9.17, 15) is 13.6 Å². The fourth-order valence-corrected chi connectivity index (χ4v) is 1.40. The van der Waals surface area contributed by atoms with Gasteiger partial charge in [-0.2, -0.15) is 0 Å². The lowest BCUT2D eigenvalue weighted by Crippen LogP contribution is -2.47. The molecule has 1 atom stereocenters. The van der Waals surface area contributed by atoms with E-state index in [1.54, 1.807) is 6.92 Å². The predicted octanol–water partition coefficient (Wildman–Crippen LogP) is 2.68. The van der Waals surface area contributed by atoms with Gasteiger partial charge in [0.05, 0.1) is 0 Å². The zero-order valence-corrected chi connectivity index (χ0v) is 11.0. The summed E-state index contributed by atoms with van der Waals surface area (Å²) >= 11 is 0. The van der Waals surface area contributed by atoms with Gasteiger partial charge < -0.3 is 10.6 Å². The van der Waals surface area contributed by atoms with Gasteiger partial charge in [-0.3, -0.25) is 4.79 Å². The predicted molar refractivity (Wildman–Crippen MR) is 67.3 cm³/mol. The van der Waals surface area contributed by atoms with Gasteiger partial charge in [-0.1, -0.05) is 6.07 Å². The van der Waals surface area contributed by atoms with Crippen molar-refractivity contribution in [3.8, 4) is 0 Å². The molecule has 0 heterocycles. The number of carbonyl (C=O) groups excluding carboxylic acids is 1. The lowest BCUT2D eigenvalue weighted by molar-refractivity contribution is -0.122. The van der Waals surface area contributed by atoms with Crippen molar-refractivity contribution >= 4 is 11.6 Å². The Morgan fingerprint density at radius 2 is 1.72 bits per heavy atom. The van der Waals surface area contributed by atoms with Gasteiger partial charge in [0, 0.05) is 5.54 Å². The molecule has 0 bridgehead atoms. The number of amides is 1. The maximum atomic E-state index is 13.4. The zero-order chi connectivity index (χ0) is 13.9. The average Bonchev–Trinajstić information content (AvgIpc) is 2.21. The van der Waals surface area contributed by atoms with E-state index in [0.29, 0.717) is 0 Å². The standard InChI is InChI=1S/C13H18F2N2O/c1-8(12(18)17-13(2,3)4)16-11-9(14)6-5-7-10(11)15/h5-8,16H,1-4H3,(H,17,18). The quantitative estimate of drug-likeness (QED) is 0.873. The van der Waals surface area contributed by atoms with Crippen molar-refractivity contribution in [3.63, 3.8) is 0 Å². The van der Waals surface area contributed by atoms with Crippen LogP contribution in [0.4, 0.5) is 14.5 Å². The van der Waals surface area contributed by atoms with Crippen LogP contribution in [0.15, 0.2) is 18.2 Å². The highest BCUT2D eigenvalue weighted by Crippen LogP contribution is 2.19. The van der Waals surface area contributed by atoms with Gasteiger partial charge in [-0.15, -0.1) is 0 Å². The van der Waals surface area contributed by atoms with Crippen molar-refractivity contribution in [3.05, 3.63) is 29.8 Å². The van der Waals surface area contributed by atoms with E-state index in [2.05, 4.69) is 10.6 Å². The van der Waals surface area contributed by atoms with Crippen LogP contribution in [-0.2, 0) is 4.79 Å². The number of para-hydroxylation sites is 1. The molecule has 0 fully saturated rings. The Labute approximate surface area is 106 Å². The van der Waals surface area contributed by atoms with Gasteiger partial charge >= 0.3 is 0 Å². The highest BCUT2D eigenvalue weighted by molar-refractivity contribution is 5.84. The van der Waals surface area contributed by atoms with Crippen molar-refractivity contribution in [1.82, 2.24) is 5.32 Å². The second-order valence-corrected chi connectivity index (χ2v) is 5.20. The van der Waals surface area contributed by atoms with Crippen LogP contribution in [0.1, 0.15) is 27.7 Å². The third-order valence-electron chi connectivity index (χ3n) is 2.22. The number of benzene rings is 1. The lowest BCUT2D eigenvalue weighted by atomic mass is 10.1. The molecule has 3 nitrogen and oxygen atoms in total. The fourth-order valence-electron chi connectivity index (χ4n) is 1.40. The first kappa shape index (κ1) is 14.4. The first-order chi connectivity index (χ1) is 8.20. The number of nitrogens with one attached hydrogen (secondary N) is 2. The van der Waals surface area contributed by atoms with E-state index in [1.165, 1.54) is 6.07 Å². The normalized spacial score (nSPS) is 13.0. The third-order valence-corrected chi connectivity index (χ3v) is 2.22. The van der Waals surface area contributed by atoms with Crippen molar-refractivity contribution in [2.45, 2.75) is 39.3 Å². The fraction of sp³-hybridized carbons (Fsp3) is 0.462. The van der Waals surface area contributed by atoms with Gasteiger partial charge in [0.2, 0.25) is 5.91 Å². The second kappa shape index (κ2) is 5.33. The first-order valence-electron chi connectivity index (χ1n) is 5.73. The topological polar surface area (TPSA) is 41.1 Å². The molecule has 0 aliphatic carbocycles. The SMILES string of the molecule is CC(Nc1c(F)cccc1F)C(=O)NC(C)(C)C. The molecule has 1 aromatic carbocycles. The molecule has 0 aliphatic rings. The van der Waals surface area contributed by atoms with Gasteiger partial charge in [-0.25, -0.2) is 8.78 Å². The number of anilines is 1. The summed E-state index contributed by atoms with van der Waals surface area (Å²) in [6.07, 6.45) is 0. The number of hydrogen-bond acceptors (Lipinski definition) is 2. The van der Waals surface area contributed by atoms with Crippen LogP contribution < -0.4 is 10.6 Å². The second-order valence-electron chi connectivity index (χ2n) is 5.20. The van der Waals surface area contributed by atoms with Crippen molar-refractivity contribution in [2.24, 2.45) is 0 Å². The minimum Gasteiger partial charge on any atom is -0.369 e. The van der Waals surface area contributed by atoms with Crippen LogP contribution in [0, 0.1) is 11.6 Å². The van der Waals surface area contributed by atoms with Crippen LogP contribution in [0.25, 0.3) is 0 Å². The van der Waals surface area contributed by atoms with Crippen LogP contribution >= 0.6 is 0 Å². The molecule has 1 unspecified atom stereocenters. The van der Waals surface area contributed by atoms with Gasteiger partial charge in [0.1, 0.15) is 23.4 Å². The summed E-state index contributed by atoms with van der Waals surface area (Å²) in [4.78, 5) is 11.8. The van der Waals surface area contributed by atoms with Gasteiger partial charge in [-0.05, 0) is 39.8 Å². The Morgan fingerprint density at radius 1 is 1.22 bits per heavy atom. The monoisotopic (exact) mass is 256 g/mol. The van der Waals surface area contributed by atoms with E-state index >= 15 is 0 Å². The maximum Gasteiger partial charge on any atom is 0.242 e. The summed E-state index contributed by atoms with van der Waals surface area (Å²) in [5.41, 5.74) is -0.671. The van der Waals surface area contributed by atoms with Crippen molar-refractivity contribution in [2.75, 3.05) is 5.32 Å². The number of hydrogen-bond donors (Lipinski definition) is 2. The van der Waals surface area contributed by atoms with Gasteiger partial charge in [0.15, 0.2) is 0 Å². The molecule has 1 rings (SSSR count). The van der Waals surface area contributed by atoms with E-state index in [-0.39, 0.29) is 17.1 Å². The molecule has 0 radical (unpaired) electrons. The van der Waals surface area contributed by atoms with Crippen LogP contribution in [0.2, 0.25) is 0 Å². The van der Waals surface area contributed by atoms with Crippen molar-refractivity contribution < 1.29 is 13.6 Å². The van der Waals surface area contributed by atoms with Crippen LogP contribution in [0.3, 0.4) is 0 Å². The molecule has 0 aliphatic heterocycles. The van der Waals surface area contributed by atoms with Crippen LogP contribution in [0.5, 0.6) is 0 Å². The largest absolute Gasteiger partial charge is 0.369 e. The molecule has 100 valence electrons. The lowest BCUT2D eigenvalue weighted by Gasteiger charge is -2.24. The summed E-state index contributed by atoms with van der Waals surface area (Å²) in [7, 11) is 0. The minimum absolute atomic E-state index is 0.283. The highest BCUT2D eigenvalue weighted by Gasteiger charge is 2.21. The molecule has 0 saturated carbocycles. The summed E-state index contributed by atoms with van der Waals surface area (Å²) < 4.78 is 26.8. The molecular weight excluding hydrogens is 238 g/mol. The van der Waals surface area contributed by atoms with Gasteiger partial charge in [0.25, 0.3) is 0 Å². The molecule has 0 spiro atoms. The van der Waals surface area contributed by atoms with E-state index in [0.717, 1.165) is 12.1 Å². The molecule has 0 saturated heterocycles. The highest BCUT2D eigenvalue weighted by atomic mass is 19.1. The molecule has 5 heteroatoms. The minimum atomic E-state index is -0.726.